The number of aromatic hydroxyl groups is 1. The quantitative estimate of drug-likeness (QED) is 0.445. The number of hydrogen-bond acceptors (Lipinski definition) is 4. The Morgan fingerprint density at radius 2 is 1.60 bits per heavy atom. The summed E-state index contributed by atoms with van der Waals surface area (Å²) in [6.45, 7) is -0.150. The molecule has 3 aromatic rings. The largest absolute Gasteiger partial charge is 0.508 e. The molecular weight excluding hydrogens is 405 g/mol. The summed E-state index contributed by atoms with van der Waals surface area (Å²) >= 11 is 0. The van der Waals surface area contributed by atoms with Gasteiger partial charge in [-0.05, 0) is 53.6 Å². The molecule has 0 aliphatic heterocycles. The monoisotopic (exact) mass is 425 g/mol. The molecule has 1 unspecified atom stereocenters. The number of rotatable bonds is 7. The molecule has 0 aromatic heterocycles. The minimum atomic E-state index is -3.87. The van der Waals surface area contributed by atoms with Crippen molar-refractivity contribution in [3.05, 3.63) is 102 Å². The zero-order valence-corrected chi connectivity index (χ0v) is 16.7. The van der Waals surface area contributed by atoms with E-state index in [1.165, 1.54) is 30.3 Å². The number of carbonyl (C=O) groups excluding carboxylic acids is 1. The van der Waals surface area contributed by atoms with Crippen LogP contribution in [0.4, 0.5) is 4.39 Å². The maximum atomic E-state index is 13.2. The van der Waals surface area contributed by atoms with Crippen LogP contribution in [0.25, 0.3) is 6.08 Å². The summed E-state index contributed by atoms with van der Waals surface area (Å²) < 4.78 is 39.5. The highest BCUT2D eigenvalue weighted by molar-refractivity contribution is 7.91. The van der Waals surface area contributed by atoms with Gasteiger partial charge in [0.15, 0.2) is 9.84 Å². The highest BCUT2D eigenvalue weighted by Crippen LogP contribution is 2.28. The van der Waals surface area contributed by atoms with E-state index >= 15 is 0 Å². The Kier molecular flexibility index (Phi) is 6.64. The molecular formula is C23H20FNO4S. The number of phenolic OH excluding ortho intramolecular Hbond substituents is 1. The van der Waals surface area contributed by atoms with Crippen molar-refractivity contribution in [2.75, 3.05) is 6.54 Å². The molecule has 5 nitrogen and oxygen atoms in total. The summed E-state index contributed by atoms with van der Waals surface area (Å²) in [6.07, 6.45) is 2.85. The van der Waals surface area contributed by atoms with Crippen LogP contribution in [0.15, 0.2) is 89.8 Å². The van der Waals surface area contributed by atoms with Gasteiger partial charge in [-0.2, -0.15) is 0 Å². The Morgan fingerprint density at radius 1 is 0.967 bits per heavy atom. The van der Waals surface area contributed by atoms with Crippen molar-refractivity contribution >= 4 is 21.8 Å². The first-order chi connectivity index (χ1) is 14.4. The van der Waals surface area contributed by atoms with E-state index in [0.29, 0.717) is 11.1 Å². The number of sulfone groups is 1. The van der Waals surface area contributed by atoms with Crippen LogP contribution in [-0.2, 0) is 14.6 Å². The van der Waals surface area contributed by atoms with Crippen molar-refractivity contribution in [1.29, 1.82) is 0 Å². The first-order valence-corrected chi connectivity index (χ1v) is 10.7. The molecule has 1 atom stereocenters. The van der Waals surface area contributed by atoms with Crippen LogP contribution in [0.1, 0.15) is 16.4 Å². The Morgan fingerprint density at radius 3 is 2.23 bits per heavy atom. The number of amides is 1. The molecule has 30 heavy (non-hydrogen) atoms. The van der Waals surface area contributed by atoms with Crippen molar-refractivity contribution in [3.8, 4) is 5.75 Å². The van der Waals surface area contributed by atoms with E-state index < -0.39 is 26.8 Å². The van der Waals surface area contributed by atoms with E-state index in [-0.39, 0.29) is 17.2 Å². The lowest BCUT2D eigenvalue weighted by Crippen LogP contribution is -2.30. The lowest BCUT2D eigenvalue weighted by Gasteiger charge is -2.18. The molecule has 0 bridgehead atoms. The van der Waals surface area contributed by atoms with Crippen molar-refractivity contribution < 1.29 is 22.7 Å². The molecule has 0 heterocycles. The summed E-state index contributed by atoms with van der Waals surface area (Å²) in [5.74, 6) is -0.871. The number of carbonyl (C=O) groups is 1. The number of phenols is 1. The lowest BCUT2D eigenvalue weighted by molar-refractivity contribution is -0.116. The van der Waals surface area contributed by atoms with Crippen LogP contribution >= 0.6 is 0 Å². The molecule has 0 aliphatic rings. The predicted molar refractivity (Wildman–Crippen MR) is 113 cm³/mol. The van der Waals surface area contributed by atoms with Gasteiger partial charge in [-0.3, -0.25) is 4.79 Å². The first-order valence-electron chi connectivity index (χ1n) is 9.15. The van der Waals surface area contributed by atoms with Gasteiger partial charge >= 0.3 is 0 Å². The van der Waals surface area contributed by atoms with Crippen molar-refractivity contribution in [2.24, 2.45) is 0 Å². The third kappa shape index (κ3) is 5.33. The molecule has 0 fully saturated rings. The zero-order chi connectivity index (χ0) is 21.6. The van der Waals surface area contributed by atoms with E-state index in [9.17, 15) is 22.7 Å². The molecule has 0 spiro atoms. The van der Waals surface area contributed by atoms with Gasteiger partial charge in [-0.25, -0.2) is 12.8 Å². The molecule has 0 aliphatic carbocycles. The molecule has 3 rings (SSSR count). The van der Waals surface area contributed by atoms with E-state index in [2.05, 4.69) is 5.32 Å². The summed E-state index contributed by atoms with van der Waals surface area (Å²) in [6, 6.07) is 19.4. The van der Waals surface area contributed by atoms with Crippen molar-refractivity contribution in [1.82, 2.24) is 5.32 Å². The topological polar surface area (TPSA) is 83.5 Å². The van der Waals surface area contributed by atoms with Crippen LogP contribution < -0.4 is 5.32 Å². The van der Waals surface area contributed by atoms with E-state index in [1.54, 1.807) is 48.5 Å². The number of nitrogens with one attached hydrogen (secondary N) is 1. The Labute approximate surface area is 174 Å². The SMILES string of the molecule is O=C(/C=C/c1ccc(O)cc1)NCC(c1ccccc1)S(=O)(=O)c1ccc(F)cc1. The summed E-state index contributed by atoms with van der Waals surface area (Å²) in [5.41, 5.74) is 1.23. The molecule has 0 saturated carbocycles. The zero-order valence-electron chi connectivity index (χ0n) is 15.9. The van der Waals surface area contributed by atoms with E-state index in [4.69, 9.17) is 0 Å². The van der Waals surface area contributed by atoms with Gasteiger partial charge in [0.2, 0.25) is 5.91 Å². The fourth-order valence-corrected chi connectivity index (χ4v) is 4.53. The molecule has 7 heteroatoms. The molecule has 3 aromatic carbocycles. The molecule has 0 saturated heterocycles. The fraction of sp³-hybridized carbons (Fsp3) is 0.0870. The number of benzene rings is 3. The minimum Gasteiger partial charge on any atom is -0.508 e. The third-order valence-electron chi connectivity index (χ3n) is 4.47. The van der Waals surface area contributed by atoms with Crippen LogP contribution in [-0.4, -0.2) is 26.0 Å². The van der Waals surface area contributed by atoms with Crippen molar-refractivity contribution in [3.63, 3.8) is 0 Å². The minimum absolute atomic E-state index is 0.0216. The second kappa shape index (κ2) is 9.37. The first kappa shape index (κ1) is 21.3. The molecule has 0 radical (unpaired) electrons. The van der Waals surface area contributed by atoms with Gasteiger partial charge in [0.25, 0.3) is 0 Å². The van der Waals surface area contributed by atoms with E-state index in [1.807, 2.05) is 0 Å². The van der Waals surface area contributed by atoms with E-state index in [0.717, 1.165) is 12.1 Å². The van der Waals surface area contributed by atoms with Crippen LogP contribution in [0.3, 0.4) is 0 Å². The van der Waals surface area contributed by atoms with Gasteiger partial charge in [-0.15, -0.1) is 0 Å². The van der Waals surface area contributed by atoms with Gasteiger partial charge in [0.1, 0.15) is 16.8 Å². The highest BCUT2D eigenvalue weighted by Gasteiger charge is 2.29. The fourth-order valence-electron chi connectivity index (χ4n) is 2.87. The molecule has 154 valence electrons. The van der Waals surface area contributed by atoms with Gasteiger partial charge in [0.05, 0.1) is 4.90 Å². The van der Waals surface area contributed by atoms with Gasteiger partial charge in [-0.1, -0.05) is 42.5 Å². The average molecular weight is 425 g/mol. The van der Waals surface area contributed by atoms with Crippen molar-refractivity contribution in [2.45, 2.75) is 10.1 Å². The van der Waals surface area contributed by atoms with Crippen LogP contribution in [0, 0.1) is 5.82 Å². The maximum absolute atomic E-state index is 13.2. The van der Waals surface area contributed by atoms with Crippen LogP contribution in [0.5, 0.6) is 5.75 Å². The second-order valence-electron chi connectivity index (χ2n) is 6.57. The standard InChI is InChI=1S/C23H20FNO4S/c24-19-9-13-21(14-10-19)30(28,29)22(18-4-2-1-3-5-18)16-25-23(27)15-8-17-6-11-20(26)12-7-17/h1-15,22,26H,16H2,(H,25,27)/b15-8+. The summed E-state index contributed by atoms with van der Waals surface area (Å²) in [4.78, 5) is 12.2. The second-order valence-corrected chi connectivity index (χ2v) is 8.70. The summed E-state index contributed by atoms with van der Waals surface area (Å²) in [7, 11) is -3.87. The smallest absolute Gasteiger partial charge is 0.244 e. The Balaban J connectivity index is 1.79. The maximum Gasteiger partial charge on any atom is 0.244 e. The lowest BCUT2D eigenvalue weighted by atomic mass is 10.1. The summed E-state index contributed by atoms with van der Waals surface area (Å²) in [5, 5.41) is 10.9. The van der Waals surface area contributed by atoms with Gasteiger partial charge < -0.3 is 10.4 Å². The number of hydrogen-bond donors (Lipinski definition) is 2. The highest BCUT2D eigenvalue weighted by atomic mass is 32.2. The number of halogens is 1. The Bertz CT molecular complexity index is 1130. The van der Waals surface area contributed by atoms with Gasteiger partial charge in [0, 0.05) is 12.6 Å². The third-order valence-corrected chi connectivity index (χ3v) is 6.59. The molecule has 2 N–H and O–H groups in total. The normalized spacial score (nSPS) is 12.6. The Hall–Kier alpha value is -3.45. The van der Waals surface area contributed by atoms with Crippen LogP contribution in [0.2, 0.25) is 0 Å². The predicted octanol–water partition coefficient (Wildman–Crippen LogP) is 3.88. The average Bonchev–Trinajstić information content (AvgIpc) is 2.74. The molecule has 1 amide bonds.